The van der Waals surface area contributed by atoms with E-state index in [0.717, 1.165) is 35.1 Å². The molecule has 1 N–H and O–H groups in total. The summed E-state index contributed by atoms with van der Waals surface area (Å²) >= 11 is 0. The van der Waals surface area contributed by atoms with Crippen LogP contribution in [0, 0.1) is 11.7 Å². The highest BCUT2D eigenvalue weighted by atomic mass is 19.1. The van der Waals surface area contributed by atoms with Gasteiger partial charge in [-0.2, -0.15) is 0 Å². The third kappa shape index (κ3) is 4.79. The molecule has 146 valence electrons. The van der Waals surface area contributed by atoms with Crippen molar-refractivity contribution < 1.29 is 14.2 Å². The topological polar surface area (TPSA) is 29.5 Å². The van der Waals surface area contributed by atoms with Crippen LogP contribution in [0.2, 0.25) is 0 Å². The molecule has 1 aliphatic rings. The molecule has 0 radical (unpaired) electrons. The molecule has 1 atom stereocenters. The van der Waals surface area contributed by atoms with Crippen LogP contribution in [0.3, 0.4) is 0 Å². The van der Waals surface area contributed by atoms with Crippen LogP contribution in [-0.4, -0.2) is 17.8 Å². The highest BCUT2D eigenvalue weighted by molar-refractivity contribution is 5.81. The molecule has 3 heteroatoms. The monoisotopic (exact) mass is 378 g/mol. The van der Waals surface area contributed by atoms with Crippen molar-refractivity contribution in [1.82, 2.24) is 0 Å². The Morgan fingerprint density at radius 2 is 2.00 bits per heavy atom. The molecular formula is C25H27FO2. The lowest BCUT2D eigenvalue weighted by molar-refractivity contribution is 0.117. The summed E-state index contributed by atoms with van der Waals surface area (Å²) in [6, 6.07) is 14.6. The number of benzene rings is 2. The van der Waals surface area contributed by atoms with Crippen LogP contribution in [-0.2, 0) is 4.74 Å². The molecule has 0 aliphatic carbocycles. The summed E-state index contributed by atoms with van der Waals surface area (Å²) in [6.45, 7) is 9.15. The maximum absolute atomic E-state index is 13.8. The lowest BCUT2D eigenvalue weighted by atomic mass is 9.89. The van der Waals surface area contributed by atoms with Crippen LogP contribution in [0.1, 0.15) is 37.8 Å². The lowest BCUT2D eigenvalue weighted by Crippen LogP contribution is -2.13. The van der Waals surface area contributed by atoms with Crippen molar-refractivity contribution in [2.75, 3.05) is 6.61 Å². The molecule has 2 aromatic carbocycles. The van der Waals surface area contributed by atoms with E-state index in [1.54, 1.807) is 6.07 Å². The van der Waals surface area contributed by atoms with Crippen molar-refractivity contribution in [2.45, 2.75) is 32.8 Å². The smallest absolute Gasteiger partial charge is 0.165 e. The van der Waals surface area contributed by atoms with Gasteiger partial charge in [0.05, 0.1) is 12.7 Å². The molecule has 1 heterocycles. The third-order valence-electron chi connectivity index (χ3n) is 5.15. The van der Waals surface area contributed by atoms with E-state index in [-0.39, 0.29) is 11.9 Å². The van der Waals surface area contributed by atoms with E-state index >= 15 is 0 Å². The fourth-order valence-electron chi connectivity index (χ4n) is 3.44. The molecular weight excluding hydrogens is 351 g/mol. The van der Waals surface area contributed by atoms with Gasteiger partial charge >= 0.3 is 0 Å². The Morgan fingerprint density at radius 3 is 2.68 bits per heavy atom. The van der Waals surface area contributed by atoms with Gasteiger partial charge in [-0.25, -0.2) is 4.39 Å². The second-order valence-electron chi connectivity index (χ2n) is 7.45. The van der Waals surface area contributed by atoms with Crippen LogP contribution in [0.25, 0.3) is 11.6 Å². The van der Waals surface area contributed by atoms with Crippen molar-refractivity contribution in [2.24, 2.45) is 5.92 Å². The highest BCUT2D eigenvalue weighted by Crippen LogP contribution is 2.32. The number of aromatic hydroxyl groups is 1. The number of phenols is 1. The molecule has 0 saturated heterocycles. The second kappa shape index (κ2) is 9.03. The van der Waals surface area contributed by atoms with Crippen molar-refractivity contribution in [1.29, 1.82) is 0 Å². The first-order chi connectivity index (χ1) is 13.5. The second-order valence-corrected chi connectivity index (χ2v) is 7.45. The van der Waals surface area contributed by atoms with E-state index in [2.05, 4.69) is 38.6 Å². The quantitative estimate of drug-likeness (QED) is 0.566. The summed E-state index contributed by atoms with van der Waals surface area (Å²) < 4.78 is 19.7. The molecule has 1 aliphatic heterocycles. The molecule has 0 bridgehead atoms. The summed E-state index contributed by atoms with van der Waals surface area (Å²) in [6.07, 6.45) is 5.78. The Balaban J connectivity index is 1.83. The minimum atomic E-state index is -0.612. The predicted molar refractivity (Wildman–Crippen MR) is 113 cm³/mol. The van der Waals surface area contributed by atoms with Crippen LogP contribution < -0.4 is 0 Å². The van der Waals surface area contributed by atoms with Gasteiger partial charge in [0, 0.05) is 0 Å². The van der Waals surface area contributed by atoms with Crippen molar-refractivity contribution in [3.05, 3.63) is 89.3 Å². The van der Waals surface area contributed by atoms with E-state index in [9.17, 15) is 9.50 Å². The van der Waals surface area contributed by atoms with Gasteiger partial charge in [-0.3, -0.25) is 0 Å². The maximum Gasteiger partial charge on any atom is 0.165 e. The van der Waals surface area contributed by atoms with Gasteiger partial charge in [0.25, 0.3) is 0 Å². The average Bonchev–Trinajstić information content (AvgIpc) is 3.16. The van der Waals surface area contributed by atoms with E-state index in [0.29, 0.717) is 12.5 Å². The Kier molecular flexibility index (Phi) is 6.48. The van der Waals surface area contributed by atoms with E-state index in [1.165, 1.54) is 17.7 Å². The minimum Gasteiger partial charge on any atom is -0.505 e. The lowest BCUT2D eigenvalue weighted by Gasteiger charge is -2.20. The van der Waals surface area contributed by atoms with Gasteiger partial charge in [0.2, 0.25) is 0 Å². The Bertz CT molecular complexity index is 894. The molecule has 0 saturated carbocycles. The van der Waals surface area contributed by atoms with Gasteiger partial charge in [0.15, 0.2) is 11.6 Å². The molecule has 0 spiro atoms. The van der Waals surface area contributed by atoms with Crippen molar-refractivity contribution >= 4 is 11.6 Å². The summed E-state index contributed by atoms with van der Waals surface area (Å²) in [5.41, 5.74) is 5.27. The van der Waals surface area contributed by atoms with Gasteiger partial charge < -0.3 is 9.84 Å². The highest BCUT2D eigenvalue weighted by Gasteiger charge is 2.23. The summed E-state index contributed by atoms with van der Waals surface area (Å²) in [7, 11) is 0. The number of halogens is 1. The first-order valence-electron chi connectivity index (χ1n) is 9.71. The van der Waals surface area contributed by atoms with Crippen LogP contribution in [0.15, 0.2) is 72.3 Å². The Morgan fingerprint density at radius 1 is 1.25 bits per heavy atom. The largest absolute Gasteiger partial charge is 0.505 e. The Labute approximate surface area is 166 Å². The number of phenolic OH excluding ortho intramolecular Hbond substituents is 1. The average molecular weight is 378 g/mol. The minimum absolute atomic E-state index is 0.0403. The van der Waals surface area contributed by atoms with Crippen LogP contribution in [0.4, 0.5) is 4.39 Å². The first kappa shape index (κ1) is 20.1. The zero-order valence-corrected chi connectivity index (χ0v) is 16.5. The molecule has 0 fully saturated rings. The zero-order valence-electron chi connectivity index (χ0n) is 16.5. The van der Waals surface area contributed by atoms with Crippen molar-refractivity contribution in [3.8, 4) is 5.75 Å². The number of hydrogen-bond acceptors (Lipinski definition) is 2. The van der Waals surface area contributed by atoms with Gasteiger partial charge in [0.1, 0.15) is 0 Å². The maximum atomic E-state index is 13.8. The van der Waals surface area contributed by atoms with E-state index in [4.69, 9.17) is 4.74 Å². The third-order valence-corrected chi connectivity index (χ3v) is 5.15. The van der Waals surface area contributed by atoms with E-state index < -0.39 is 5.82 Å². The Hall–Kier alpha value is -2.65. The SMILES string of the molecule is C=C(C1=CCOC1CC/C(=C/c1ccc(O)c(F)c1)c1ccccc1)C(C)C. The zero-order chi connectivity index (χ0) is 20.1. The number of allylic oxidation sites excluding steroid dienone is 1. The first-order valence-corrected chi connectivity index (χ1v) is 9.71. The molecule has 28 heavy (non-hydrogen) atoms. The predicted octanol–water partition coefficient (Wildman–Crippen LogP) is 6.39. The molecule has 0 amide bonds. The molecule has 0 aromatic heterocycles. The number of hydrogen-bond donors (Lipinski definition) is 1. The molecule has 1 unspecified atom stereocenters. The fraction of sp³-hybridized carbons (Fsp3) is 0.280. The fourth-order valence-corrected chi connectivity index (χ4v) is 3.44. The number of ether oxygens (including phenoxy) is 1. The van der Waals surface area contributed by atoms with E-state index in [1.807, 2.05) is 24.3 Å². The number of rotatable bonds is 7. The molecule has 2 aromatic rings. The van der Waals surface area contributed by atoms with Crippen LogP contribution >= 0.6 is 0 Å². The molecule has 2 nitrogen and oxygen atoms in total. The van der Waals surface area contributed by atoms with Gasteiger partial charge in [-0.1, -0.05) is 69.0 Å². The van der Waals surface area contributed by atoms with Gasteiger partial charge in [-0.05, 0) is 58.7 Å². The summed E-state index contributed by atoms with van der Waals surface area (Å²) in [4.78, 5) is 0. The van der Waals surface area contributed by atoms with Gasteiger partial charge in [-0.15, -0.1) is 0 Å². The standard InChI is InChI=1S/C25H27FO2/c1-17(2)18(3)22-13-14-28-25(22)12-10-21(20-7-5-4-6-8-20)15-19-9-11-24(27)23(26)16-19/h4-9,11,13,15-17,25,27H,3,10,12,14H2,1-2H3/b21-15-. The molecule has 3 rings (SSSR count). The summed E-state index contributed by atoms with van der Waals surface area (Å²) in [5.74, 6) is -0.557. The van der Waals surface area contributed by atoms with Crippen LogP contribution in [0.5, 0.6) is 5.75 Å². The van der Waals surface area contributed by atoms with Crippen molar-refractivity contribution in [3.63, 3.8) is 0 Å². The normalized spacial score (nSPS) is 17.1. The summed E-state index contributed by atoms with van der Waals surface area (Å²) in [5, 5.41) is 9.44.